The molecule has 2 aromatic rings. The highest BCUT2D eigenvalue weighted by molar-refractivity contribution is 7.92. The highest BCUT2D eigenvalue weighted by Crippen LogP contribution is 2.15. The van der Waals surface area contributed by atoms with Gasteiger partial charge in [0.2, 0.25) is 0 Å². The van der Waals surface area contributed by atoms with Crippen LogP contribution in [0.2, 0.25) is 0 Å². The summed E-state index contributed by atoms with van der Waals surface area (Å²) in [6.07, 6.45) is 4.83. The van der Waals surface area contributed by atoms with Crippen LogP contribution in [0.4, 0.5) is 5.82 Å². The number of aromatic amines is 2. The number of rotatable bonds is 4. The molecule has 3 N–H and O–H groups in total. The summed E-state index contributed by atoms with van der Waals surface area (Å²) in [4.78, 5) is 6.19. The van der Waals surface area contributed by atoms with E-state index in [-0.39, 0.29) is 5.03 Å². The van der Waals surface area contributed by atoms with Crippen molar-refractivity contribution in [2.75, 3.05) is 4.72 Å². The van der Waals surface area contributed by atoms with Gasteiger partial charge < -0.3 is 4.98 Å². The van der Waals surface area contributed by atoms with Crippen LogP contribution in [0.5, 0.6) is 0 Å². The van der Waals surface area contributed by atoms with Gasteiger partial charge in [-0.1, -0.05) is 6.92 Å². The van der Waals surface area contributed by atoms with E-state index in [1.807, 2.05) is 6.92 Å². The number of sulfonamides is 1. The Morgan fingerprint density at radius 1 is 1.44 bits per heavy atom. The molecule has 0 fully saturated rings. The number of hydrogen-bond acceptors (Lipinski definition) is 4. The van der Waals surface area contributed by atoms with E-state index in [0.717, 1.165) is 5.56 Å². The Morgan fingerprint density at radius 2 is 2.25 bits per heavy atom. The fraction of sp³-hybridized carbons (Fsp3) is 0.250. The zero-order valence-electron chi connectivity index (χ0n) is 8.56. The zero-order chi connectivity index (χ0) is 11.6. The molecule has 2 aromatic heterocycles. The van der Waals surface area contributed by atoms with Gasteiger partial charge in [0.05, 0.1) is 18.7 Å². The van der Waals surface area contributed by atoms with Crippen molar-refractivity contribution in [1.29, 1.82) is 0 Å². The lowest BCUT2D eigenvalue weighted by Gasteiger charge is -2.04. The maximum Gasteiger partial charge on any atom is 0.280 e. The molecular formula is C8H11N5O2S. The Kier molecular flexibility index (Phi) is 2.65. The number of nitrogens with zero attached hydrogens (tertiary/aromatic N) is 2. The number of imidazole rings is 1. The van der Waals surface area contributed by atoms with Crippen molar-refractivity contribution in [3.63, 3.8) is 0 Å². The van der Waals surface area contributed by atoms with Crippen LogP contribution in [0, 0.1) is 0 Å². The first-order valence-electron chi connectivity index (χ1n) is 4.67. The predicted molar refractivity (Wildman–Crippen MR) is 57.4 cm³/mol. The summed E-state index contributed by atoms with van der Waals surface area (Å²) in [6, 6.07) is 0. The number of hydrogen-bond donors (Lipinski definition) is 3. The van der Waals surface area contributed by atoms with Crippen molar-refractivity contribution >= 4 is 15.8 Å². The average Bonchev–Trinajstić information content (AvgIpc) is 2.86. The molecule has 0 bridgehead atoms. The Balaban J connectivity index is 2.29. The third-order valence-electron chi connectivity index (χ3n) is 2.10. The van der Waals surface area contributed by atoms with Gasteiger partial charge in [-0.15, -0.1) is 0 Å². The molecule has 0 aromatic carbocycles. The second-order valence-corrected chi connectivity index (χ2v) is 4.80. The van der Waals surface area contributed by atoms with Gasteiger partial charge >= 0.3 is 0 Å². The van der Waals surface area contributed by atoms with Crippen molar-refractivity contribution in [3.05, 3.63) is 24.3 Å². The predicted octanol–water partition coefficient (Wildman–Crippen LogP) is 0.496. The number of aryl methyl sites for hydroxylation is 1. The quantitative estimate of drug-likeness (QED) is 0.724. The molecule has 0 saturated carbocycles. The van der Waals surface area contributed by atoms with Crippen LogP contribution in [0.15, 0.2) is 23.7 Å². The van der Waals surface area contributed by atoms with Gasteiger partial charge in [-0.2, -0.15) is 13.5 Å². The van der Waals surface area contributed by atoms with E-state index in [0.29, 0.717) is 12.2 Å². The van der Waals surface area contributed by atoms with E-state index in [1.165, 1.54) is 12.5 Å². The number of aromatic nitrogens is 4. The van der Waals surface area contributed by atoms with Crippen LogP contribution in [0.3, 0.4) is 0 Å². The molecule has 0 amide bonds. The maximum atomic E-state index is 11.8. The van der Waals surface area contributed by atoms with Crippen LogP contribution in [-0.2, 0) is 16.4 Å². The molecule has 0 spiro atoms. The largest absolute Gasteiger partial charge is 0.334 e. The van der Waals surface area contributed by atoms with Gasteiger partial charge in [0.1, 0.15) is 5.82 Å². The molecule has 7 nitrogen and oxygen atoms in total. The molecule has 0 aliphatic carbocycles. The minimum absolute atomic E-state index is 0.0177. The van der Waals surface area contributed by atoms with Crippen LogP contribution in [0.1, 0.15) is 12.5 Å². The number of H-pyrrole nitrogens is 2. The normalized spacial score (nSPS) is 11.6. The number of nitrogens with one attached hydrogen (secondary N) is 3. The van der Waals surface area contributed by atoms with Gasteiger partial charge in [0, 0.05) is 5.56 Å². The van der Waals surface area contributed by atoms with E-state index >= 15 is 0 Å². The summed E-state index contributed by atoms with van der Waals surface area (Å²) in [6.45, 7) is 1.92. The van der Waals surface area contributed by atoms with Crippen molar-refractivity contribution in [3.8, 4) is 0 Å². The molecule has 86 valence electrons. The Morgan fingerprint density at radius 3 is 2.88 bits per heavy atom. The summed E-state index contributed by atoms with van der Waals surface area (Å²) in [7, 11) is -3.61. The van der Waals surface area contributed by atoms with Gasteiger partial charge in [-0.05, 0) is 6.42 Å². The van der Waals surface area contributed by atoms with Crippen LogP contribution in [-0.4, -0.2) is 28.6 Å². The Bertz CT molecular complexity index is 557. The second kappa shape index (κ2) is 3.97. The van der Waals surface area contributed by atoms with E-state index in [1.54, 1.807) is 6.20 Å². The average molecular weight is 241 g/mol. The minimum Gasteiger partial charge on any atom is -0.334 e. The lowest BCUT2D eigenvalue weighted by molar-refractivity contribution is 0.598. The second-order valence-electron chi connectivity index (χ2n) is 3.15. The van der Waals surface area contributed by atoms with E-state index in [4.69, 9.17) is 0 Å². The SMILES string of the molecule is CCc1cn[nH]c1NS(=O)(=O)c1cnc[nH]1. The molecule has 8 heteroatoms. The molecule has 0 radical (unpaired) electrons. The Labute approximate surface area is 92.4 Å². The summed E-state index contributed by atoms with van der Waals surface area (Å²) in [5, 5.41) is 6.40. The van der Waals surface area contributed by atoms with Crippen LogP contribution in [0.25, 0.3) is 0 Å². The fourth-order valence-electron chi connectivity index (χ4n) is 1.25. The molecule has 0 aliphatic rings. The van der Waals surface area contributed by atoms with Crippen LogP contribution < -0.4 is 4.72 Å². The monoisotopic (exact) mass is 241 g/mol. The minimum atomic E-state index is -3.61. The topological polar surface area (TPSA) is 104 Å². The summed E-state index contributed by atoms with van der Waals surface area (Å²) < 4.78 is 26.0. The molecule has 0 saturated heterocycles. The van der Waals surface area contributed by atoms with E-state index < -0.39 is 10.0 Å². The van der Waals surface area contributed by atoms with E-state index in [9.17, 15) is 8.42 Å². The molecule has 2 heterocycles. The van der Waals surface area contributed by atoms with E-state index in [2.05, 4.69) is 24.9 Å². The highest BCUT2D eigenvalue weighted by Gasteiger charge is 2.17. The molecule has 0 aliphatic heterocycles. The maximum absolute atomic E-state index is 11.8. The highest BCUT2D eigenvalue weighted by atomic mass is 32.2. The van der Waals surface area contributed by atoms with Crippen molar-refractivity contribution in [2.45, 2.75) is 18.4 Å². The van der Waals surface area contributed by atoms with Gasteiger partial charge in [-0.3, -0.25) is 9.82 Å². The van der Waals surface area contributed by atoms with Crippen LogP contribution >= 0.6 is 0 Å². The molecule has 0 unspecified atom stereocenters. The summed E-state index contributed by atoms with van der Waals surface area (Å²) in [5.74, 6) is 0.386. The molecule has 0 atom stereocenters. The third-order valence-corrected chi connectivity index (χ3v) is 3.37. The smallest absolute Gasteiger partial charge is 0.280 e. The molecular weight excluding hydrogens is 230 g/mol. The molecule has 16 heavy (non-hydrogen) atoms. The van der Waals surface area contributed by atoms with Gasteiger partial charge in [0.15, 0.2) is 5.03 Å². The standard InChI is InChI=1S/C8H11N5O2S/c1-2-6-3-11-12-8(6)13-16(14,15)7-4-9-5-10-7/h3-5H,2H2,1H3,(H,9,10)(H2,11,12,13). The Hall–Kier alpha value is -1.83. The zero-order valence-corrected chi connectivity index (χ0v) is 9.37. The van der Waals surface area contributed by atoms with Crippen molar-refractivity contribution in [2.24, 2.45) is 0 Å². The lowest BCUT2D eigenvalue weighted by atomic mass is 10.3. The first-order chi connectivity index (χ1) is 7.63. The van der Waals surface area contributed by atoms with Gasteiger partial charge in [-0.25, -0.2) is 4.98 Å². The van der Waals surface area contributed by atoms with Crippen molar-refractivity contribution < 1.29 is 8.42 Å². The summed E-state index contributed by atoms with van der Waals surface area (Å²) in [5.41, 5.74) is 0.808. The first kappa shape index (κ1) is 10.7. The third kappa shape index (κ3) is 1.91. The first-order valence-corrected chi connectivity index (χ1v) is 6.15. The summed E-state index contributed by atoms with van der Waals surface area (Å²) >= 11 is 0. The lowest BCUT2D eigenvalue weighted by Crippen LogP contribution is -2.14. The fourth-order valence-corrected chi connectivity index (χ4v) is 2.21. The number of anilines is 1. The van der Waals surface area contributed by atoms with Crippen molar-refractivity contribution in [1.82, 2.24) is 20.2 Å². The van der Waals surface area contributed by atoms with Gasteiger partial charge in [0.25, 0.3) is 10.0 Å². The molecule has 2 rings (SSSR count).